The van der Waals surface area contributed by atoms with Gasteiger partial charge in [-0.2, -0.15) is 0 Å². The summed E-state index contributed by atoms with van der Waals surface area (Å²) in [5.74, 6) is 0.548. The van der Waals surface area contributed by atoms with Crippen LogP contribution in [0.15, 0.2) is 42.0 Å². The maximum absolute atomic E-state index is 12.6. The number of allylic oxidation sites excluding steroid dienone is 1. The van der Waals surface area contributed by atoms with Gasteiger partial charge in [-0.3, -0.25) is 14.5 Å². The van der Waals surface area contributed by atoms with Crippen molar-refractivity contribution >= 4 is 11.8 Å². The molecule has 4 aliphatic rings. The zero-order chi connectivity index (χ0) is 17.8. The summed E-state index contributed by atoms with van der Waals surface area (Å²) in [6.07, 6.45) is 4.41. The van der Waals surface area contributed by atoms with Gasteiger partial charge < -0.3 is 9.84 Å². The Morgan fingerprint density at radius 1 is 1.12 bits per heavy atom. The summed E-state index contributed by atoms with van der Waals surface area (Å²) in [6.45, 7) is 0.353. The summed E-state index contributed by atoms with van der Waals surface area (Å²) in [5, 5.41) is 9.76. The van der Waals surface area contributed by atoms with Crippen LogP contribution in [0.1, 0.15) is 18.4 Å². The third kappa shape index (κ3) is 2.45. The molecular formula is C21H23NO4. The fourth-order valence-corrected chi connectivity index (χ4v) is 5.25. The quantitative estimate of drug-likeness (QED) is 0.828. The van der Waals surface area contributed by atoms with Crippen molar-refractivity contribution in [1.82, 2.24) is 4.90 Å². The van der Waals surface area contributed by atoms with Gasteiger partial charge in [0.15, 0.2) is 5.78 Å². The molecule has 1 saturated carbocycles. The lowest BCUT2D eigenvalue weighted by molar-refractivity contribution is -0.176. The predicted molar refractivity (Wildman–Crippen MR) is 94.2 cm³/mol. The number of morpholine rings is 1. The molecule has 5 rings (SSSR count). The van der Waals surface area contributed by atoms with E-state index in [2.05, 4.69) is 4.90 Å². The van der Waals surface area contributed by atoms with Crippen LogP contribution < -0.4 is 0 Å². The van der Waals surface area contributed by atoms with Crippen LogP contribution in [0.25, 0.3) is 0 Å². The molecule has 0 bridgehead atoms. The van der Waals surface area contributed by atoms with E-state index in [1.54, 1.807) is 0 Å². The van der Waals surface area contributed by atoms with E-state index >= 15 is 0 Å². The Kier molecular flexibility index (Phi) is 3.76. The molecule has 5 atom stereocenters. The zero-order valence-electron chi connectivity index (χ0n) is 14.6. The van der Waals surface area contributed by atoms with Gasteiger partial charge in [-0.25, -0.2) is 0 Å². The summed E-state index contributed by atoms with van der Waals surface area (Å²) in [4.78, 5) is 27.1. The Hall–Kier alpha value is -1.98. The van der Waals surface area contributed by atoms with Gasteiger partial charge in [-0.1, -0.05) is 30.3 Å². The van der Waals surface area contributed by atoms with E-state index in [0.29, 0.717) is 18.9 Å². The lowest BCUT2D eigenvalue weighted by Gasteiger charge is -2.43. The molecule has 136 valence electrons. The van der Waals surface area contributed by atoms with Gasteiger partial charge in [0.05, 0.1) is 12.6 Å². The fourth-order valence-electron chi connectivity index (χ4n) is 5.25. The average Bonchev–Trinajstić information content (AvgIpc) is 3.32. The van der Waals surface area contributed by atoms with Crippen LogP contribution in [0.4, 0.5) is 0 Å². The topological polar surface area (TPSA) is 66.8 Å². The number of fused-ring (bicyclic) bond motifs is 3. The van der Waals surface area contributed by atoms with Gasteiger partial charge in [-0.05, 0) is 36.0 Å². The third-order valence-electron chi connectivity index (χ3n) is 6.49. The van der Waals surface area contributed by atoms with Crippen molar-refractivity contribution in [3.63, 3.8) is 0 Å². The minimum Gasteiger partial charge on any atom is -0.459 e. The van der Waals surface area contributed by atoms with Crippen LogP contribution in [0, 0.1) is 17.8 Å². The lowest BCUT2D eigenvalue weighted by Crippen LogP contribution is -2.60. The summed E-state index contributed by atoms with van der Waals surface area (Å²) in [6, 6.07) is 9.39. The van der Waals surface area contributed by atoms with Crippen molar-refractivity contribution < 1.29 is 19.4 Å². The number of ether oxygens (including phenoxy) is 1. The summed E-state index contributed by atoms with van der Waals surface area (Å²) in [5.41, 5.74) is 2.25. The second kappa shape index (κ2) is 6.03. The number of benzene rings is 1. The van der Waals surface area contributed by atoms with Crippen LogP contribution in [0.5, 0.6) is 0 Å². The van der Waals surface area contributed by atoms with Gasteiger partial charge >= 0.3 is 5.97 Å². The first-order valence-electron chi connectivity index (χ1n) is 9.52. The Balaban J connectivity index is 1.50. The molecule has 0 aromatic heterocycles. The third-order valence-corrected chi connectivity index (χ3v) is 6.49. The standard InChI is InChI=1S/C21H23NO4/c23-11-15-21(25)26-17(8-12-4-2-1-3-5-12)20-19-14(10-22(15)20)9-16(24)18(19)13-6-7-13/h1-5,9,13,15,17-20,23H,6-8,10-11H2/t15-,17-,18-,19-,20-/m0/s1. The number of carbonyl (C=O) groups is 2. The molecule has 0 unspecified atom stereocenters. The molecule has 5 heteroatoms. The van der Waals surface area contributed by atoms with E-state index in [-0.39, 0.29) is 42.3 Å². The smallest absolute Gasteiger partial charge is 0.326 e. The van der Waals surface area contributed by atoms with Crippen LogP contribution in [0.3, 0.4) is 0 Å². The van der Waals surface area contributed by atoms with Crippen LogP contribution in [-0.4, -0.2) is 53.1 Å². The molecule has 1 aromatic rings. The normalized spacial score (nSPS) is 36.5. The number of carbonyl (C=O) groups excluding carboxylic acids is 2. The number of rotatable bonds is 4. The van der Waals surface area contributed by atoms with Crippen molar-refractivity contribution in [3.05, 3.63) is 47.5 Å². The van der Waals surface area contributed by atoms with E-state index < -0.39 is 6.04 Å². The van der Waals surface area contributed by atoms with Crippen molar-refractivity contribution in [1.29, 1.82) is 0 Å². The highest BCUT2D eigenvalue weighted by Gasteiger charge is 2.59. The number of aliphatic hydroxyl groups is 1. The summed E-state index contributed by atoms with van der Waals surface area (Å²) >= 11 is 0. The van der Waals surface area contributed by atoms with Crippen molar-refractivity contribution in [3.8, 4) is 0 Å². The van der Waals surface area contributed by atoms with Gasteiger partial charge in [0.25, 0.3) is 0 Å². The first-order chi connectivity index (χ1) is 12.7. The van der Waals surface area contributed by atoms with Crippen LogP contribution in [0.2, 0.25) is 0 Å². The second-order valence-electron chi connectivity index (χ2n) is 8.04. The molecule has 2 heterocycles. The minimum absolute atomic E-state index is 0.0200. The van der Waals surface area contributed by atoms with E-state index in [1.165, 1.54) is 0 Å². The van der Waals surface area contributed by atoms with Gasteiger partial charge in [-0.15, -0.1) is 0 Å². The molecule has 3 fully saturated rings. The first kappa shape index (κ1) is 16.2. The Labute approximate surface area is 152 Å². The molecule has 5 nitrogen and oxygen atoms in total. The number of esters is 1. The maximum Gasteiger partial charge on any atom is 0.326 e. The molecule has 2 saturated heterocycles. The average molecular weight is 353 g/mol. The van der Waals surface area contributed by atoms with Crippen LogP contribution >= 0.6 is 0 Å². The molecule has 1 N–H and O–H groups in total. The van der Waals surface area contributed by atoms with E-state index in [1.807, 2.05) is 36.4 Å². The molecule has 26 heavy (non-hydrogen) atoms. The minimum atomic E-state index is -0.617. The molecule has 2 aliphatic heterocycles. The Bertz CT molecular complexity index is 769. The summed E-state index contributed by atoms with van der Waals surface area (Å²) in [7, 11) is 0. The van der Waals surface area contributed by atoms with Gasteiger partial charge in [0.2, 0.25) is 0 Å². The SMILES string of the molecule is O=C1C=C2CN3[C@H]([C@@H]2[C@H]1C1CC1)[C@H](Cc1ccccc1)OC(=O)[C@@H]3CO. The van der Waals surface area contributed by atoms with Crippen molar-refractivity contribution in [2.45, 2.75) is 37.5 Å². The second-order valence-corrected chi connectivity index (χ2v) is 8.04. The highest BCUT2D eigenvalue weighted by atomic mass is 16.6. The number of ketones is 1. The molecule has 2 aliphatic carbocycles. The summed E-state index contributed by atoms with van der Waals surface area (Å²) < 4.78 is 5.82. The number of aliphatic hydroxyl groups excluding tert-OH is 1. The zero-order valence-corrected chi connectivity index (χ0v) is 14.6. The molecule has 0 amide bonds. The highest BCUT2D eigenvalue weighted by Crippen LogP contribution is 2.53. The maximum atomic E-state index is 12.6. The Morgan fingerprint density at radius 2 is 1.88 bits per heavy atom. The monoisotopic (exact) mass is 353 g/mol. The van der Waals surface area contributed by atoms with E-state index in [4.69, 9.17) is 4.74 Å². The molecule has 1 aromatic carbocycles. The van der Waals surface area contributed by atoms with Gasteiger partial charge in [0.1, 0.15) is 12.1 Å². The van der Waals surface area contributed by atoms with E-state index in [9.17, 15) is 14.7 Å². The fraction of sp³-hybridized carbons (Fsp3) is 0.524. The molecule has 0 spiro atoms. The van der Waals surface area contributed by atoms with Crippen molar-refractivity contribution in [2.24, 2.45) is 17.8 Å². The number of nitrogens with zero attached hydrogens (tertiary/aromatic N) is 1. The highest BCUT2D eigenvalue weighted by molar-refractivity contribution is 5.97. The number of hydrogen-bond acceptors (Lipinski definition) is 5. The number of hydrogen-bond donors (Lipinski definition) is 1. The molecule has 0 radical (unpaired) electrons. The lowest BCUT2D eigenvalue weighted by atomic mass is 9.79. The van der Waals surface area contributed by atoms with Crippen LogP contribution in [-0.2, 0) is 20.7 Å². The largest absolute Gasteiger partial charge is 0.459 e. The van der Waals surface area contributed by atoms with Crippen molar-refractivity contribution in [2.75, 3.05) is 13.2 Å². The Morgan fingerprint density at radius 3 is 2.58 bits per heavy atom. The number of cyclic esters (lactones) is 1. The predicted octanol–water partition coefficient (Wildman–Crippen LogP) is 1.35. The first-order valence-corrected chi connectivity index (χ1v) is 9.52. The van der Waals surface area contributed by atoms with E-state index in [0.717, 1.165) is 24.0 Å². The van der Waals surface area contributed by atoms with Gasteiger partial charge in [0, 0.05) is 24.8 Å². The molecular weight excluding hydrogens is 330 g/mol.